The van der Waals surface area contributed by atoms with Gasteiger partial charge in [-0.1, -0.05) is 12.1 Å². The number of hydrogen-bond donors (Lipinski definition) is 2. The Labute approximate surface area is 182 Å². The van der Waals surface area contributed by atoms with Gasteiger partial charge in [-0.25, -0.2) is 13.4 Å². The summed E-state index contributed by atoms with van der Waals surface area (Å²) in [7, 11) is -1.83. The second-order valence-electron chi connectivity index (χ2n) is 6.38. The topological polar surface area (TPSA) is 108 Å². The highest BCUT2D eigenvalue weighted by molar-refractivity contribution is 7.92. The van der Waals surface area contributed by atoms with E-state index in [0.717, 1.165) is 11.8 Å². The minimum Gasteiger partial charge on any atom is -0.351 e. The Hall–Kier alpha value is -2.76. The van der Waals surface area contributed by atoms with Crippen molar-refractivity contribution in [2.24, 2.45) is 0 Å². The van der Waals surface area contributed by atoms with Crippen LogP contribution in [0.5, 0.6) is 0 Å². The number of thiophene rings is 1. The van der Waals surface area contributed by atoms with Gasteiger partial charge in [0.1, 0.15) is 0 Å². The summed E-state index contributed by atoms with van der Waals surface area (Å²) in [6.45, 7) is 0.230. The minimum absolute atomic E-state index is 0.136. The fourth-order valence-electron chi connectivity index (χ4n) is 2.46. The first-order valence-electron chi connectivity index (χ1n) is 8.84. The molecular formula is C19H20N4O4S3. The molecule has 11 heteroatoms. The monoisotopic (exact) mass is 464 g/mol. The third-order valence-corrected chi connectivity index (χ3v) is 6.84. The van der Waals surface area contributed by atoms with Gasteiger partial charge in [0.2, 0.25) is 15.9 Å². The molecule has 0 unspecified atom stereocenters. The number of aromatic nitrogens is 1. The van der Waals surface area contributed by atoms with Crippen molar-refractivity contribution in [1.29, 1.82) is 0 Å². The Morgan fingerprint density at radius 2 is 1.87 bits per heavy atom. The van der Waals surface area contributed by atoms with Crippen LogP contribution < -0.4 is 14.9 Å². The van der Waals surface area contributed by atoms with Gasteiger partial charge in [-0.2, -0.15) is 11.3 Å². The van der Waals surface area contributed by atoms with Crippen LogP contribution in [0.25, 0.3) is 11.3 Å². The molecule has 0 atom stereocenters. The number of amides is 2. The van der Waals surface area contributed by atoms with Crippen molar-refractivity contribution in [3.8, 4) is 11.3 Å². The zero-order chi connectivity index (χ0) is 21.7. The molecule has 2 N–H and O–H groups in total. The molecule has 0 radical (unpaired) electrons. The fraction of sp³-hybridized carbons (Fsp3) is 0.211. The number of carbonyl (C=O) groups is 2. The van der Waals surface area contributed by atoms with Crippen molar-refractivity contribution in [2.75, 3.05) is 29.5 Å². The van der Waals surface area contributed by atoms with Gasteiger partial charge in [0.15, 0.2) is 5.13 Å². The van der Waals surface area contributed by atoms with Gasteiger partial charge < -0.3 is 10.6 Å². The average molecular weight is 465 g/mol. The van der Waals surface area contributed by atoms with Crippen molar-refractivity contribution >= 4 is 55.3 Å². The average Bonchev–Trinajstić information content (AvgIpc) is 3.39. The van der Waals surface area contributed by atoms with Crippen LogP contribution in [0.15, 0.2) is 46.5 Å². The van der Waals surface area contributed by atoms with E-state index in [-0.39, 0.29) is 24.8 Å². The number of benzene rings is 1. The quantitative estimate of drug-likeness (QED) is 0.533. The van der Waals surface area contributed by atoms with Crippen molar-refractivity contribution < 1.29 is 18.0 Å². The molecule has 158 valence electrons. The predicted molar refractivity (Wildman–Crippen MR) is 121 cm³/mol. The number of anilines is 2. The third-order valence-electron chi connectivity index (χ3n) is 4.20. The van der Waals surface area contributed by atoms with E-state index in [9.17, 15) is 18.0 Å². The Morgan fingerprint density at radius 1 is 1.13 bits per heavy atom. The predicted octanol–water partition coefficient (Wildman–Crippen LogP) is 3.03. The summed E-state index contributed by atoms with van der Waals surface area (Å²) in [5.74, 6) is -0.447. The lowest BCUT2D eigenvalue weighted by Gasteiger charge is -2.16. The van der Waals surface area contributed by atoms with Crippen LogP contribution >= 0.6 is 22.7 Å². The van der Waals surface area contributed by atoms with Crippen molar-refractivity contribution in [1.82, 2.24) is 10.3 Å². The zero-order valence-corrected chi connectivity index (χ0v) is 18.7. The summed E-state index contributed by atoms with van der Waals surface area (Å²) < 4.78 is 24.4. The molecule has 0 saturated heterocycles. The van der Waals surface area contributed by atoms with Gasteiger partial charge in [0.05, 0.1) is 17.6 Å². The summed E-state index contributed by atoms with van der Waals surface area (Å²) in [6, 6.07) is 8.67. The van der Waals surface area contributed by atoms with Crippen molar-refractivity contribution in [3.05, 3.63) is 52.0 Å². The standard InChI is InChI=1S/C19H20N4O4S3/c1-23(30(2,26)27)15-5-3-13(4-6-15)16-12-29-19(21-16)22-17(24)7-9-20-18(25)14-8-10-28-11-14/h3-6,8,10-12H,7,9H2,1-2H3,(H,20,25)(H,21,22,24). The lowest BCUT2D eigenvalue weighted by Crippen LogP contribution is -2.27. The molecular weight excluding hydrogens is 444 g/mol. The Balaban J connectivity index is 1.53. The number of thiazole rings is 1. The molecule has 1 aromatic carbocycles. The van der Waals surface area contributed by atoms with Gasteiger partial charge in [-0.15, -0.1) is 11.3 Å². The van der Waals surface area contributed by atoms with Gasteiger partial charge in [0.25, 0.3) is 5.91 Å². The Kier molecular flexibility index (Phi) is 6.85. The highest BCUT2D eigenvalue weighted by Gasteiger charge is 2.13. The van der Waals surface area contributed by atoms with E-state index >= 15 is 0 Å². The van der Waals surface area contributed by atoms with E-state index < -0.39 is 10.0 Å². The van der Waals surface area contributed by atoms with E-state index in [1.54, 1.807) is 35.7 Å². The number of hydrogen-bond acceptors (Lipinski definition) is 7. The molecule has 0 aliphatic rings. The largest absolute Gasteiger partial charge is 0.351 e. The van der Waals surface area contributed by atoms with Crippen LogP contribution in [0.3, 0.4) is 0 Å². The van der Waals surface area contributed by atoms with E-state index in [2.05, 4.69) is 15.6 Å². The summed E-state index contributed by atoms with van der Waals surface area (Å²) >= 11 is 2.73. The molecule has 0 bridgehead atoms. The molecule has 3 rings (SSSR count). The maximum atomic E-state index is 12.1. The second-order valence-corrected chi connectivity index (χ2v) is 10.0. The van der Waals surface area contributed by atoms with Crippen LogP contribution in [-0.4, -0.2) is 45.1 Å². The molecule has 8 nitrogen and oxygen atoms in total. The van der Waals surface area contributed by atoms with E-state index in [0.29, 0.717) is 22.1 Å². The Bertz CT molecular complexity index is 1120. The summed E-state index contributed by atoms with van der Waals surface area (Å²) in [5, 5.41) is 11.3. The van der Waals surface area contributed by atoms with Crippen LogP contribution in [0.4, 0.5) is 10.8 Å². The van der Waals surface area contributed by atoms with Gasteiger partial charge in [-0.05, 0) is 23.6 Å². The molecule has 0 spiro atoms. The summed E-state index contributed by atoms with van der Waals surface area (Å²) in [6.07, 6.45) is 1.28. The first kappa shape index (κ1) is 21.9. The van der Waals surface area contributed by atoms with E-state index in [1.165, 1.54) is 34.0 Å². The minimum atomic E-state index is -3.32. The SMILES string of the molecule is CN(c1ccc(-c2csc(NC(=O)CCNC(=O)c3ccsc3)n2)cc1)S(C)(=O)=O. The van der Waals surface area contributed by atoms with Gasteiger partial charge >= 0.3 is 0 Å². The lowest BCUT2D eigenvalue weighted by atomic mass is 10.1. The number of rotatable bonds is 8. The molecule has 2 amide bonds. The number of carbonyl (C=O) groups excluding carboxylic acids is 2. The lowest BCUT2D eigenvalue weighted by molar-refractivity contribution is -0.116. The smallest absolute Gasteiger partial charge is 0.252 e. The highest BCUT2D eigenvalue weighted by atomic mass is 32.2. The van der Waals surface area contributed by atoms with Crippen molar-refractivity contribution in [3.63, 3.8) is 0 Å². The first-order valence-corrected chi connectivity index (χ1v) is 12.5. The highest BCUT2D eigenvalue weighted by Crippen LogP contribution is 2.27. The maximum Gasteiger partial charge on any atom is 0.252 e. The fourth-order valence-corrected chi connectivity index (χ4v) is 4.34. The molecule has 2 aromatic heterocycles. The van der Waals surface area contributed by atoms with Crippen molar-refractivity contribution in [2.45, 2.75) is 6.42 Å². The van der Waals surface area contributed by atoms with Gasteiger partial charge in [0, 0.05) is 41.9 Å². The normalized spacial score (nSPS) is 11.1. The van der Waals surface area contributed by atoms with Crippen LogP contribution in [0.1, 0.15) is 16.8 Å². The number of nitrogens with zero attached hydrogens (tertiary/aromatic N) is 2. The molecule has 0 fully saturated rings. The molecule has 3 aromatic rings. The molecule has 2 heterocycles. The Morgan fingerprint density at radius 3 is 2.50 bits per heavy atom. The zero-order valence-electron chi connectivity index (χ0n) is 16.3. The summed E-state index contributed by atoms with van der Waals surface area (Å²) in [4.78, 5) is 28.3. The summed E-state index contributed by atoms with van der Waals surface area (Å²) in [5.41, 5.74) is 2.61. The van der Waals surface area contributed by atoms with E-state index in [1.807, 2.05) is 10.8 Å². The number of nitrogens with one attached hydrogen (secondary N) is 2. The van der Waals surface area contributed by atoms with Crippen LogP contribution in [0, 0.1) is 0 Å². The molecule has 0 aliphatic heterocycles. The van der Waals surface area contributed by atoms with Crippen LogP contribution in [-0.2, 0) is 14.8 Å². The van der Waals surface area contributed by atoms with Crippen LogP contribution in [0.2, 0.25) is 0 Å². The third kappa shape index (κ3) is 5.65. The molecule has 0 aliphatic carbocycles. The first-order chi connectivity index (χ1) is 14.2. The molecule has 0 saturated carbocycles. The molecule has 30 heavy (non-hydrogen) atoms. The maximum absolute atomic E-state index is 12.1. The second kappa shape index (κ2) is 9.37. The van der Waals surface area contributed by atoms with Gasteiger partial charge in [-0.3, -0.25) is 13.9 Å². The van der Waals surface area contributed by atoms with E-state index in [4.69, 9.17) is 0 Å². The number of sulfonamides is 1.